The van der Waals surface area contributed by atoms with Crippen molar-refractivity contribution in [2.24, 2.45) is 0 Å². The van der Waals surface area contributed by atoms with Crippen LogP contribution in [0.3, 0.4) is 0 Å². The summed E-state index contributed by atoms with van der Waals surface area (Å²) in [5.41, 5.74) is 1.71. The lowest BCUT2D eigenvalue weighted by Crippen LogP contribution is -2.38. The first kappa shape index (κ1) is 54.4. The zero-order chi connectivity index (χ0) is 89.7. The maximum absolute atomic E-state index is 14.0. The van der Waals surface area contributed by atoms with E-state index in [4.69, 9.17) is 61.0 Å². The summed E-state index contributed by atoms with van der Waals surface area (Å²) in [7, 11) is 0. The Hall–Kier alpha value is -8.19. The zero-order valence-corrected chi connectivity index (χ0v) is 61.1. The Labute approximate surface area is 660 Å². The molecule has 16 rings (SSSR count). The number of benzene rings is 4. The summed E-state index contributed by atoms with van der Waals surface area (Å²) >= 11 is 22.6. The second-order valence-corrected chi connectivity index (χ2v) is 29.5. The number of hydrogen-bond acceptors (Lipinski definition) is 25. The van der Waals surface area contributed by atoms with E-state index < -0.39 is 97.2 Å². The van der Waals surface area contributed by atoms with E-state index >= 15 is 0 Å². The summed E-state index contributed by atoms with van der Waals surface area (Å²) in [5.74, 6) is -4.10. The van der Waals surface area contributed by atoms with Gasteiger partial charge in [-0.1, -0.05) is 118 Å². The number of fused-ring (bicyclic) bond motifs is 4. The summed E-state index contributed by atoms with van der Waals surface area (Å²) < 4.78 is 228. The van der Waals surface area contributed by atoms with Crippen LogP contribution in [0.15, 0.2) is 110 Å². The van der Waals surface area contributed by atoms with E-state index in [9.17, 15) is 27.2 Å². The second kappa shape index (κ2) is 35.5. The third-order valence-electron chi connectivity index (χ3n) is 16.2. The molecule has 0 radical (unpaired) electrons. The molecule has 12 heterocycles. The Bertz CT molecular complexity index is 5930. The van der Waals surface area contributed by atoms with E-state index in [0.717, 1.165) is 86.4 Å². The monoisotopic (exact) mass is 1580 g/mol. The van der Waals surface area contributed by atoms with Gasteiger partial charge in [0.2, 0.25) is 0 Å². The molecule has 4 N–H and O–H groups in total. The Balaban J connectivity index is 0.000000142. The van der Waals surface area contributed by atoms with Crippen LogP contribution in [0.25, 0.3) is 41.4 Å². The lowest BCUT2D eigenvalue weighted by atomic mass is 10.0. The van der Waals surface area contributed by atoms with Gasteiger partial charge in [-0.15, -0.1) is 0 Å². The Morgan fingerprint density at radius 3 is 1.12 bits per heavy atom. The SMILES string of the molecule is [2H]C(c1cc(F)cc(F)c1)N1CCC([2H])(N([2H])c2ncnc3sc(C([2H])(C)C)nc23)CC1.[2H]C(c1cc(F)cc(F)c1)N1CCC([2H])(N([2H])c2ncnc3sc(Cl)nc23)CC1.[2H]c1cc([2H])c(C([2H])N2CCC([2H])(N([2H])c3ncnc4sc(Cl)nc34)CC2)c([2H])c1C#N.[2H]c1cc([2H])c(C([2H])N2CCC([2H])(N([2H])c3ncnc4sc(Cl)nc34)CC2)c([2H])c1F. The molecule has 33 heteroatoms. The maximum atomic E-state index is 14.0. The van der Waals surface area contributed by atoms with Gasteiger partial charge >= 0.3 is 0 Å². The van der Waals surface area contributed by atoms with E-state index in [0.29, 0.717) is 72.6 Å². The number of aromatic nitrogens is 12. The molecule has 4 aliphatic heterocycles. The highest BCUT2D eigenvalue weighted by Gasteiger charge is 2.27. The quantitative estimate of drug-likeness (QED) is 0.0620. The average molecular weight is 1580 g/mol. The number of piperidine rings is 4. The van der Waals surface area contributed by atoms with Gasteiger partial charge in [0, 0.05) is 127 Å². The van der Waals surface area contributed by atoms with Gasteiger partial charge in [-0.3, -0.25) is 19.6 Å². The number of likely N-dealkylation sites (tertiary alicyclic amines) is 4. The highest BCUT2D eigenvalue weighted by molar-refractivity contribution is 7.22. The van der Waals surface area contributed by atoms with E-state index in [-0.39, 0.29) is 166 Å². The highest BCUT2D eigenvalue weighted by Crippen LogP contribution is 2.34. The molecule has 8 aromatic heterocycles. The van der Waals surface area contributed by atoms with Gasteiger partial charge in [-0.2, -0.15) is 5.26 Å². The van der Waals surface area contributed by atoms with E-state index in [1.807, 2.05) is 0 Å². The minimum Gasteiger partial charge on any atom is -0.365 e. The van der Waals surface area contributed by atoms with Gasteiger partial charge < -0.3 is 21.2 Å². The van der Waals surface area contributed by atoms with Crippen LogP contribution >= 0.6 is 80.1 Å². The summed E-state index contributed by atoms with van der Waals surface area (Å²) in [4.78, 5) is 59.0. The van der Waals surface area contributed by atoms with Crippen LogP contribution in [-0.4, -0.2) is 156 Å². The normalized spacial score (nSPS) is 21.2. The Morgan fingerprint density at radius 2 is 0.781 bits per heavy atom. The minimum absolute atomic E-state index is 0.0624. The molecule has 4 saturated heterocycles. The topological polar surface area (TPSA) is 240 Å². The largest absolute Gasteiger partial charge is 0.365 e. The van der Waals surface area contributed by atoms with Gasteiger partial charge in [0.25, 0.3) is 0 Å². The van der Waals surface area contributed by atoms with Crippen LogP contribution in [0.1, 0.15) is 124 Å². The number of hydrogen-bond donors (Lipinski definition) is 4. The molecule has 0 bridgehead atoms. The fraction of sp³-hybridized carbons (Fsp3) is 0.375. The van der Waals surface area contributed by atoms with E-state index in [2.05, 4.69) is 59.8 Å². The molecule has 0 amide bonds. The van der Waals surface area contributed by atoms with Crippen molar-refractivity contribution in [1.29, 1.82) is 5.26 Å². The first-order valence-electron chi connectivity index (χ1n) is 42.1. The van der Waals surface area contributed by atoms with Crippen molar-refractivity contribution >= 4 is 145 Å². The standard InChI is InChI=1S/C20H23F2N5S.C18H17ClN6S.C17H16ClF2N5S.C17H17ClFN5S/c1-12(2)19-26-17-18(23-11-24-20(17)28-19)25-16-3-5-27(6-4-16)10-13-7-14(21)9-15(22)8-13;19-18-24-15-16(21-11-22-17(15)26-18)23-14-4-6-25(7-5-14)10-13-3-1-2-12(8-13)9-20;18-17-24-14-15(21-9-22-16(14)26-17)23-13-1-3-25(4-2-13)8-10-5-11(19)7-12(20)6-10;18-17-23-14-15(20-10-21-16(14)25-17)22-13-4-6-24(7-5-13)9-11-2-1-3-12(19)8-11/h7-9,11-12,16H,3-6,10H2,1-2H3,(H,23,24,25);1-3,8,11,14H,4-7,10H2,(H,21,22,23);5-7,9,13H,1-4,8H2,(H,21,22,23);1-3,8,10,13H,4-7,9H2,(H,20,21,22)/i10D,12D,16D;2D,3D,8D,10D,14D;8D,13D;2D,3D,8D,9D,13D/hD4. The van der Waals surface area contributed by atoms with Crippen LogP contribution < -0.4 is 21.2 Å². The van der Waals surface area contributed by atoms with Gasteiger partial charge in [0.05, 0.1) is 30.3 Å². The number of rotatable bonds is 17. The van der Waals surface area contributed by atoms with E-state index in [1.165, 1.54) is 54.0 Å². The predicted molar refractivity (Wildman–Crippen MR) is 408 cm³/mol. The fourth-order valence-electron chi connectivity index (χ4n) is 11.2. The third kappa shape index (κ3) is 20.7. The van der Waals surface area contributed by atoms with Crippen LogP contribution in [0.5, 0.6) is 0 Å². The predicted octanol–water partition coefficient (Wildman–Crippen LogP) is 16.3. The Morgan fingerprint density at radius 1 is 0.467 bits per heavy atom. The first-order chi connectivity index (χ1) is 58.5. The van der Waals surface area contributed by atoms with Crippen molar-refractivity contribution in [3.63, 3.8) is 0 Å². The molecular formula is C72H73Cl3F5N21S4. The van der Waals surface area contributed by atoms with Gasteiger partial charge in [-0.05, 0) is 122 Å². The van der Waals surface area contributed by atoms with Gasteiger partial charge in [0.1, 0.15) is 95.8 Å². The molecule has 0 aliphatic carbocycles. The summed E-state index contributed by atoms with van der Waals surface area (Å²) in [5, 5.41) is 13.8. The van der Waals surface area contributed by atoms with E-state index in [1.54, 1.807) is 39.5 Å². The lowest BCUT2D eigenvalue weighted by molar-refractivity contribution is 0.211. The molecule has 4 unspecified atom stereocenters. The van der Waals surface area contributed by atoms with Crippen molar-refractivity contribution in [2.45, 2.75) is 121 Å². The molecule has 4 aromatic carbocycles. The molecule has 21 nitrogen and oxygen atoms in total. The van der Waals surface area contributed by atoms with Crippen molar-refractivity contribution in [3.05, 3.63) is 185 Å². The molecule has 105 heavy (non-hydrogen) atoms. The molecule has 0 saturated carbocycles. The summed E-state index contributed by atoms with van der Waals surface area (Å²) in [6.07, 6.45) is 6.95. The minimum atomic E-state index is -1.35. The molecule has 0 spiro atoms. The molecule has 546 valence electrons. The second-order valence-electron chi connectivity index (χ2n) is 23.8. The smallest absolute Gasteiger partial charge is 0.186 e. The fourth-order valence-corrected chi connectivity index (χ4v) is 14.8. The highest BCUT2D eigenvalue weighted by atomic mass is 35.5. The summed E-state index contributed by atoms with van der Waals surface area (Å²) in [6, 6.07) is 2.80. The first-order valence-corrected chi connectivity index (χ1v) is 36.9. The molecular weight excluding hydrogens is 1490 g/mol. The lowest BCUT2D eigenvalue weighted by Gasteiger charge is -2.32. The Kier molecular flexibility index (Phi) is 18.4. The number of nitriles is 1. The number of thiazole rings is 4. The molecule has 12 aromatic rings. The van der Waals surface area contributed by atoms with Crippen molar-refractivity contribution < 1.29 is 48.2 Å². The van der Waals surface area contributed by atoms with Crippen molar-refractivity contribution in [1.82, 2.24) is 79.4 Å². The number of halogens is 8. The molecule has 4 fully saturated rings. The number of anilines is 4. The number of nitrogens with zero attached hydrogens (tertiary/aromatic N) is 17. The van der Waals surface area contributed by atoms with Gasteiger partial charge in [0.15, 0.2) is 42.3 Å². The molecule has 4 atom stereocenters. The van der Waals surface area contributed by atoms with Crippen LogP contribution in [0.2, 0.25) is 19.0 Å². The maximum Gasteiger partial charge on any atom is 0.186 e. The third-order valence-corrected chi connectivity index (χ3v) is 20.5. The van der Waals surface area contributed by atoms with Crippen LogP contribution in [0, 0.1) is 40.4 Å². The van der Waals surface area contributed by atoms with Crippen molar-refractivity contribution in [3.8, 4) is 6.07 Å². The van der Waals surface area contributed by atoms with Gasteiger partial charge in [-0.25, -0.2) is 81.8 Å². The zero-order valence-electron chi connectivity index (χ0n) is 74.6. The average Bonchev–Trinajstić information content (AvgIpc) is 1.25. The number of nitrogens with one attached hydrogen (secondary N) is 4. The molecule has 4 aliphatic rings. The summed E-state index contributed by atoms with van der Waals surface area (Å²) in [6.45, 7) is 1.49. The van der Waals surface area contributed by atoms with Crippen molar-refractivity contribution in [2.75, 3.05) is 73.6 Å². The van der Waals surface area contributed by atoms with Crippen LogP contribution in [-0.2, 0) is 26.1 Å². The van der Waals surface area contributed by atoms with Crippen LogP contribution in [0.4, 0.5) is 45.2 Å².